The first-order valence-electron chi connectivity index (χ1n) is 7.17. The maximum Gasteiger partial charge on any atom is 0.410 e. The Bertz CT molecular complexity index is 344. The largest absolute Gasteiger partial charge is 0.467 e. The fraction of sp³-hybridized carbons (Fsp3) is 0.857. The Morgan fingerprint density at radius 2 is 1.95 bits per heavy atom. The molecule has 2 fully saturated rings. The molecular weight excluding hydrogens is 246 g/mol. The van der Waals surface area contributed by atoms with E-state index in [1.165, 1.54) is 18.4 Å². The molecule has 1 saturated heterocycles. The third-order valence-corrected chi connectivity index (χ3v) is 4.12. The van der Waals surface area contributed by atoms with Gasteiger partial charge < -0.3 is 9.47 Å². The number of esters is 1. The molecule has 0 radical (unpaired) electrons. The van der Waals surface area contributed by atoms with Gasteiger partial charge in [0.25, 0.3) is 0 Å². The second-order valence-corrected chi connectivity index (χ2v) is 5.65. The van der Waals surface area contributed by atoms with Gasteiger partial charge in [-0.05, 0) is 38.0 Å². The highest BCUT2D eigenvalue weighted by atomic mass is 16.6. The fourth-order valence-electron chi connectivity index (χ4n) is 3.06. The number of hydrogen-bond donors (Lipinski definition) is 0. The van der Waals surface area contributed by atoms with Crippen LogP contribution in [0.1, 0.15) is 45.4 Å². The molecule has 108 valence electrons. The van der Waals surface area contributed by atoms with Crippen molar-refractivity contribution in [3.63, 3.8) is 0 Å². The molecule has 1 aliphatic heterocycles. The highest BCUT2D eigenvalue weighted by Crippen LogP contribution is 2.27. The summed E-state index contributed by atoms with van der Waals surface area (Å²) in [7, 11) is 1.35. The zero-order valence-electron chi connectivity index (χ0n) is 11.8. The van der Waals surface area contributed by atoms with Gasteiger partial charge in [0.15, 0.2) is 0 Å². The lowest BCUT2D eigenvalue weighted by Crippen LogP contribution is -2.43. The van der Waals surface area contributed by atoms with E-state index in [2.05, 4.69) is 6.92 Å². The van der Waals surface area contributed by atoms with E-state index in [4.69, 9.17) is 9.47 Å². The van der Waals surface area contributed by atoms with E-state index in [1.807, 2.05) is 0 Å². The Hall–Kier alpha value is -1.26. The summed E-state index contributed by atoms with van der Waals surface area (Å²) in [6.45, 7) is 2.77. The predicted molar refractivity (Wildman–Crippen MR) is 69.6 cm³/mol. The zero-order chi connectivity index (χ0) is 13.8. The number of ether oxygens (including phenoxy) is 2. The van der Waals surface area contributed by atoms with Crippen molar-refractivity contribution in [2.45, 2.75) is 57.6 Å². The van der Waals surface area contributed by atoms with Crippen LogP contribution < -0.4 is 0 Å². The van der Waals surface area contributed by atoms with Gasteiger partial charge in [-0.15, -0.1) is 0 Å². The molecule has 1 aliphatic carbocycles. The molecule has 0 bridgehead atoms. The minimum atomic E-state index is -0.460. The lowest BCUT2D eigenvalue weighted by atomic mass is 9.89. The van der Waals surface area contributed by atoms with Crippen molar-refractivity contribution < 1.29 is 19.1 Å². The third-order valence-electron chi connectivity index (χ3n) is 4.12. The van der Waals surface area contributed by atoms with E-state index in [0.29, 0.717) is 18.9 Å². The lowest BCUT2D eigenvalue weighted by molar-refractivity contribution is -0.145. The molecule has 19 heavy (non-hydrogen) atoms. The second kappa shape index (κ2) is 6.26. The molecule has 1 amide bonds. The van der Waals surface area contributed by atoms with Crippen LogP contribution in [-0.4, -0.2) is 42.8 Å². The Labute approximate surface area is 114 Å². The summed E-state index contributed by atoms with van der Waals surface area (Å²) < 4.78 is 10.3. The minimum absolute atomic E-state index is 0.00940. The van der Waals surface area contributed by atoms with Crippen molar-refractivity contribution >= 4 is 12.1 Å². The molecular formula is C14H23NO4. The number of carbonyl (C=O) groups excluding carboxylic acids is 2. The number of likely N-dealkylation sites (tertiary alicyclic amines) is 1. The second-order valence-electron chi connectivity index (χ2n) is 5.65. The van der Waals surface area contributed by atoms with Crippen LogP contribution in [0.25, 0.3) is 0 Å². The first-order chi connectivity index (χ1) is 9.11. The predicted octanol–water partition coefficient (Wildman–Crippen LogP) is 2.34. The summed E-state index contributed by atoms with van der Waals surface area (Å²) in [5, 5.41) is 0. The Kier molecular flexibility index (Phi) is 4.66. The Morgan fingerprint density at radius 1 is 1.16 bits per heavy atom. The summed E-state index contributed by atoms with van der Waals surface area (Å²) >= 11 is 0. The van der Waals surface area contributed by atoms with Gasteiger partial charge in [-0.2, -0.15) is 0 Å². The Balaban J connectivity index is 1.89. The van der Waals surface area contributed by atoms with E-state index in [9.17, 15) is 9.59 Å². The SMILES string of the molecule is COC(=O)C1CCCN1C(=O)OC1CCCC(C)C1. The molecule has 3 unspecified atom stereocenters. The first-order valence-corrected chi connectivity index (χ1v) is 7.17. The van der Waals surface area contributed by atoms with Crippen molar-refractivity contribution in [1.29, 1.82) is 0 Å². The van der Waals surface area contributed by atoms with Crippen molar-refractivity contribution in [3.8, 4) is 0 Å². The quantitative estimate of drug-likeness (QED) is 0.722. The summed E-state index contributed by atoms with van der Waals surface area (Å²) in [4.78, 5) is 25.3. The molecule has 5 nitrogen and oxygen atoms in total. The molecule has 0 spiro atoms. The van der Waals surface area contributed by atoms with Crippen LogP contribution in [0.4, 0.5) is 4.79 Å². The van der Waals surface area contributed by atoms with Crippen molar-refractivity contribution in [2.24, 2.45) is 5.92 Å². The Morgan fingerprint density at radius 3 is 2.63 bits per heavy atom. The average Bonchev–Trinajstić information content (AvgIpc) is 2.87. The summed E-state index contributed by atoms with van der Waals surface area (Å²) in [5.74, 6) is 0.271. The van der Waals surface area contributed by atoms with Crippen molar-refractivity contribution in [3.05, 3.63) is 0 Å². The van der Waals surface area contributed by atoms with Crippen LogP contribution in [0.5, 0.6) is 0 Å². The molecule has 0 aromatic rings. The number of methoxy groups -OCH3 is 1. The van der Waals surface area contributed by atoms with Crippen LogP contribution in [0.2, 0.25) is 0 Å². The van der Waals surface area contributed by atoms with Gasteiger partial charge in [-0.3, -0.25) is 4.90 Å². The van der Waals surface area contributed by atoms with Gasteiger partial charge in [0.05, 0.1) is 7.11 Å². The number of carbonyl (C=O) groups is 2. The molecule has 1 heterocycles. The smallest absolute Gasteiger partial charge is 0.410 e. The van der Waals surface area contributed by atoms with Crippen LogP contribution in [0, 0.1) is 5.92 Å². The summed E-state index contributed by atoms with van der Waals surface area (Å²) in [6, 6.07) is -0.460. The first kappa shape index (κ1) is 14.2. The number of amides is 1. The van der Waals surface area contributed by atoms with Crippen LogP contribution >= 0.6 is 0 Å². The van der Waals surface area contributed by atoms with E-state index in [1.54, 1.807) is 0 Å². The van der Waals surface area contributed by atoms with Gasteiger partial charge >= 0.3 is 12.1 Å². The summed E-state index contributed by atoms with van der Waals surface area (Å²) in [5.41, 5.74) is 0. The highest BCUT2D eigenvalue weighted by molar-refractivity contribution is 5.82. The van der Waals surface area contributed by atoms with Crippen LogP contribution in [0.15, 0.2) is 0 Å². The molecule has 0 aromatic carbocycles. The minimum Gasteiger partial charge on any atom is -0.467 e. The standard InChI is InChI=1S/C14H23NO4/c1-10-5-3-6-11(9-10)19-14(17)15-8-4-7-12(15)13(16)18-2/h10-12H,3-9H2,1-2H3. The van der Waals surface area contributed by atoms with Gasteiger partial charge in [0.2, 0.25) is 0 Å². The maximum absolute atomic E-state index is 12.1. The van der Waals surface area contributed by atoms with Crippen molar-refractivity contribution in [1.82, 2.24) is 4.90 Å². The zero-order valence-corrected chi connectivity index (χ0v) is 11.8. The monoisotopic (exact) mass is 269 g/mol. The molecule has 1 saturated carbocycles. The fourth-order valence-corrected chi connectivity index (χ4v) is 3.06. The normalized spacial score (nSPS) is 31.1. The number of nitrogens with zero attached hydrogens (tertiary/aromatic N) is 1. The van der Waals surface area contributed by atoms with E-state index < -0.39 is 6.04 Å². The highest BCUT2D eigenvalue weighted by Gasteiger charge is 2.37. The molecule has 0 aromatic heterocycles. The number of hydrogen-bond acceptors (Lipinski definition) is 4. The van der Waals surface area contributed by atoms with Gasteiger partial charge in [-0.25, -0.2) is 9.59 Å². The van der Waals surface area contributed by atoms with Crippen LogP contribution in [0.3, 0.4) is 0 Å². The lowest BCUT2D eigenvalue weighted by Gasteiger charge is -2.29. The molecule has 3 atom stereocenters. The van der Waals surface area contributed by atoms with E-state index in [0.717, 1.165) is 25.7 Å². The molecule has 5 heteroatoms. The van der Waals surface area contributed by atoms with Gasteiger partial charge in [0, 0.05) is 6.54 Å². The summed E-state index contributed by atoms with van der Waals surface area (Å²) in [6.07, 6.45) is 5.35. The topological polar surface area (TPSA) is 55.8 Å². The van der Waals surface area contributed by atoms with E-state index in [-0.39, 0.29) is 18.2 Å². The van der Waals surface area contributed by atoms with Crippen molar-refractivity contribution in [2.75, 3.05) is 13.7 Å². The molecule has 0 N–H and O–H groups in total. The third kappa shape index (κ3) is 3.39. The van der Waals surface area contributed by atoms with E-state index >= 15 is 0 Å². The average molecular weight is 269 g/mol. The number of rotatable bonds is 2. The van der Waals surface area contributed by atoms with Gasteiger partial charge in [0.1, 0.15) is 12.1 Å². The molecule has 2 rings (SSSR count). The molecule has 2 aliphatic rings. The van der Waals surface area contributed by atoms with Gasteiger partial charge in [-0.1, -0.05) is 13.3 Å². The van der Waals surface area contributed by atoms with Crippen LogP contribution in [-0.2, 0) is 14.3 Å². The maximum atomic E-state index is 12.1.